The molecule has 8 nitrogen and oxygen atoms in total. The Balaban J connectivity index is 1.48. The molecule has 1 N–H and O–H groups in total. The maximum atomic E-state index is 14.3. The summed E-state index contributed by atoms with van der Waals surface area (Å²) in [5.74, 6) is -0.610. The Morgan fingerprint density at radius 1 is 1.11 bits per heavy atom. The van der Waals surface area contributed by atoms with Crippen LogP contribution in [0.25, 0.3) is 11.3 Å². The highest BCUT2D eigenvalue weighted by Crippen LogP contribution is 2.20. The van der Waals surface area contributed by atoms with Gasteiger partial charge in [-0.25, -0.2) is 4.98 Å². The standard InChI is InChI=1S/C19H19FN6O2/c20-16-17(14-5-2-1-3-6-14)22-19(23-18(16)28)25-11-9-24(10-12-25)15(27)13-26-8-4-7-21-26/h1-8H,9-13H2,(H,22,23,28). The van der Waals surface area contributed by atoms with Gasteiger partial charge in [0.05, 0.1) is 0 Å². The summed E-state index contributed by atoms with van der Waals surface area (Å²) >= 11 is 0. The lowest BCUT2D eigenvalue weighted by Crippen LogP contribution is -2.50. The van der Waals surface area contributed by atoms with Gasteiger partial charge < -0.3 is 9.80 Å². The zero-order valence-electron chi connectivity index (χ0n) is 15.1. The Morgan fingerprint density at radius 2 is 1.86 bits per heavy atom. The predicted octanol–water partition coefficient (Wildman–Crippen LogP) is 1.12. The Morgan fingerprint density at radius 3 is 2.54 bits per heavy atom. The van der Waals surface area contributed by atoms with Crippen molar-refractivity contribution in [1.29, 1.82) is 0 Å². The number of piperazine rings is 1. The van der Waals surface area contributed by atoms with Crippen molar-refractivity contribution in [3.05, 3.63) is 65.0 Å². The predicted molar refractivity (Wildman–Crippen MR) is 101 cm³/mol. The van der Waals surface area contributed by atoms with E-state index in [2.05, 4.69) is 15.1 Å². The number of benzene rings is 1. The third kappa shape index (κ3) is 3.64. The van der Waals surface area contributed by atoms with E-state index >= 15 is 0 Å². The van der Waals surface area contributed by atoms with E-state index in [1.54, 1.807) is 52.3 Å². The monoisotopic (exact) mass is 382 g/mol. The molecule has 0 atom stereocenters. The first kappa shape index (κ1) is 17.9. The van der Waals surface area contributed by atoms with E-state index < -0.39 is 11.4 Å². The minimum absolute atomic E-state index is 0.0196. The van der Waals surface area contributed by atoms with Crippen molar-refractivity contribution in [2.45, 2.75) is 6.54 Å². The van der Waals surface area contributed by atoms with E-state index in [0.29, 0.717) is 37.7 Å². The van der Waals surface area contributed by atoms with Gasteiger partial charge in [0.25, 0.3) is 5.56 Å². The first-order valence-electron chi connectivity index (χ1n) is 8.97. The fourth-order valence-corrected chi connectivity index (χ4v) is 3.18. The molecule has 28 heavy (non-hydrogen) atoms. The van der Waals surface area contributed by atoms with E-state index in [-0.39, 0.29) is 18.1 Å². The quantitative estimate of drug-likeness (QED) is 0.731. The van der Waals surface area contributed by atoms with Gasteiger partial charge in [-0.1, -0.05) is 30.3 Å². The smallest absolute Gasteiger partial charge is 0.289 e. The Labute approximate surface area is 160 Å². The largest absolute Gasteiger partial charge is 0.339 e. The maximum Gasteiger partial charge on any atom is 0.289 e. The van der Waals surface area contributed by atoms with Crippen LogP contribution < -0.4 is 10.5 Å². The van der Waals surface area contributed by atoms with Gasteiger partial charge in [-0.3, -0.25) is 19.3 Å². The molecule has 0 aliphatic carbocycles. The van der Waals surface area contributed by atoms with E-state index in [9.17, 15) is 14.0 Å². The van der Waals surface area contributed by atoms with Crippen molar-refractivity contribution in [1.82, 2.24) is 24.6 Å². The zero-order valence-corrected chi connectivity index (χ0v) is 15.1. The third-order valence-electron chi connectivity index (χ3n) is 4.69. The summed E-state index contributed by atoms with van der Waals surface area (Å²) in [5, 5.41) is 4.04. The summed E-state index contributed by atoms with van der Waals surface area (Å²) in [5.41, 5.74) is -0.238. The number of aromatic nitrogens is 4. The molecule has 1 aromatic carbocycles. The molecule has 0 spiro atoms. The summed E-state index contributed by atoms with van der Waals surface area (Å²) in [6.45, 7) is 2.15. The van der Waals surface area contributed by atoms with Gasteiger partial charge in [-0.15, -0.1) is 0 Å². The molecule has 1 fully saturated rings. The lowest BCUT2D eigenvalue weighted by Gasteiger charge is -2.35. The number of H-pyrrole nitrogens is 1. The first-order chi connectivity index (χ1) is 13.6. The average molecular weight is 382 g/mol. The lowest BCUT2D eigenvalue weighted by atomic mass is 10.1. The molecule has 0 radical (unpaired) electrons. The summed E-state index contributed by atoms with van der Waals surface area (Å²) in [6.07, 6.45) is 3.37. The van der Waals surface area contributed by atoms with Crippen molar-refractivity contribution in [2.24, 2.45) is 0 Å². The van der Waals surface area contributed by atoms with Gasteiger partial charge in [0.15, 0.2) is 0 Å². The molecule has 3 heterocycles. The van der Waals surface area contributed by atoms with Crippen LogP contribution in [-0.4, -0.2) is 56.7 Å². The fourth-order valence-electron chi connectivity index (χ4n) is 3.18. The summed E-state index contributed by atoms with van der Waals surface area (Å²) in [4.78, 5) is 34.9. The van der Waals surface area contributed by atoms with Crippen molar-refractivity contribution in [2.75, 3.05) is 31.1 Å². The molecule has 1 saturated heterocycles. The second kappa shape index (κ2) is 7.63. The lowest BCUT2D eigenvalue weighted by molar-refractivity contribution is -0.132. The van der Waals surface area contributed by atoms with Gasteiger partial charge in [0.1, 0.15) is 12.2 Å². The van der Waals surface area contributed by atoms with E-state index in [4.69, 9.17) is 0 Å². The Kier molecular flexibility index (Phi) is 4.88. The highest BCUT2D eigenvalue weighted by atomic mass is 19.1. The number of halogens is 1. The molecule has 0 unspecified atom stereocenters. The number of nitrogens with one attached hydrogen (secondary N) is 1. The van der Waals surface area contributed by atoms with Crippen LogP contribution in [0.5, 0.6) is 0 Å². The molecule has 1 aliphatic heterocycles. The molecule has 4 rings (SSSR count). The Bertz CT molecular complexity index is 1010. The van der Waals surface area contributed by atoms with Crippen LogP contribution >= 0.6 is 0 Å². The number of carbonyl (C=O) groups excluding carboxylic acids is 1. The number of rotatable bonds is 4. The normalized spacial score (nSPS) is 14.3. The van der Waals surface area contributed by atoms with E-state index in [0.717, 1.165) is 0 Å². The van der Waals surface area contributed by atoms with Crippen LogP contribution in [0.15, 0.2) is 53.6 Å². The number of carbonyl (C=O) groups is 1. The number of nitrogens with zero attached hydrogens (tertiary/aromatic N) is 5. The van der Waals surface area contributed by atoms with Crippen LogP contribution in [0.1, 0.15) is 0 Å². The molecule has 9 heteroatoms. The van der Waals surface area contributed by atoms with Crippen molar-refractivity contribution in [3.8, 4) is 11.3 Å². The maximum absolute atomic E-state index is 14.3. The average Bonchev–Trinajstić information content (AvgIpc) is 3.24. The number of aromatic amines is 1. The molecule has 1 aliphatic rings. The van der Waals surface area contributed by atoms with Crippen LogP contribution in [0.3, 0.4) is 0 Å². The second-order valence-corrected chi connectivity index (χ2v) is 6.49. The van der Waals surface area contributed by atoms with Crippen LogP contribution in [0.2, 0.25) is 0 Å². The molecule has 1 amide bonds. The molecule has 2 aromatic heterocycles. The summed E-state index contributed by atoms with van der Waals surface area (Å²) < 4.78 is 15.9. The number of hydrogen-bond donors (Lipinski definition) is 1. The first-order valence-corrected chi connectivity index (χ1v) is 8.97. The van der Waals surface area contributed by atoms with Crippen molar-refractivity contribution < 1.29 is 9.18 Å². The fraction of sp³-hybridized carbons (Fsp3) is 0.263. The van der Waals surface area contributed by atoms with Crippen LogP contribution in [0, 0.1) is 5.82 Å². The molecule has 3 aromatic rings. The number of hydrogen-bond acceptors (Lipinski definition) is 5. The van der Waals surface area contributed by atoms with E-state index in [1.807, 2.05) is 11.0 Å². The summed E-state index contributed by atoms with van der Waals surface area (Å²) in [6, 6.07) is 10.5. The minimum atomic E-state index is -0.900. The van der Waals surface area contributed by atoms with E-state index in [1.165, 1.54) is 0 Å². The highest BCUT2D eigenvalue weighted by molar-refractivity contribution is 5.76. The van der Waals surface area contributed by atoms with Gasteiger partial charge >= 0.3 is 0 Å². The SMILES string of the molecule is O=C(Cn1cccn1)N1CCN(c2nc(-c3ccccc3)c(F)c(=O)[nH]2)CC1. The topological polar surface area (TPSA) is 87.1 Å². The molecule has 0 bridgehead atoms. The Hall–Kier alpha value is -3.49. The molecule has 0 saturated carbocycles. The highest BCUT2D eigenvalue weighted by Gasteiger charge is 2.24. The van der Waals surface area contributed by atoms with Crippen molar-refractivity contribution >= 4 is 11.9 Å². The van der Waals surface area contributed by atoms with Gasteiger partial charge in [0, 0.05) is 44.1 Å². The summed E-state index contributed by atoms with van der Waals surface area (Å²) in [7, 11) is 0. The third-order valence-corrected chi connectivity index (χ3v) is 4.69. The van der Waals surface area contributed by atoms with Gasteiger partial charge in [-0.2, -0.15) is 9.49 Å². The molecular weight excluding hydrogens is 363 g/mol. The van der Waals surface area contributed by atoms with Crippen LogP contribution in [-0.2, 0) is 11.3 Å². The molecule has 144 valence electrons. The van der Waals surface area contributed by atoms with Crippen molar-refractivity contribution in [3.63, 3.8) is 0 Å². The van der Waals surface area contributed by atoms with Crippen LogP contribution in [0.4, 0.5) is 10.3 Å². The van der Waals surface area contributed by atoms with Gasteiger partial charge in [-0.05, 0) is 6.07 Å². The number of anilines is 1. The minimum Gasteiger partial charge on any atom is -0.339 e. The second-order valence-electron chi connectivity index (χ2n) is 6.49. The number of amides is 1. The zero-order chi connectivity index (χ0) is 19.5. The van der Waals surface area contributed by atoms with Gasteiger partial charge in [0.2, 0.25) is 17.7 Å². The molecular formula is C19H19FN6O2.